The maximum Gasteiger partial charge on any atom is 0.217 e. The van der Waals surface area contributed by atoms with Gasteiger partial charge in [0, 0.05) is 24.6 Å². The van der Waals surface area contributed by atoms with Gasteiger partial charge >= 0.3 is 0 Å². The molecule has 1 heterocycles. The number of aromatic nitrogens is 2. The quantitative estimate of drug-likeness (QED) is 0.627. The molecule has 152 valence electrons. The molecule has 6 nitrogen and oxygen atoms in total. The van der Waals surface area contributed by atoms with E-state index in [-0.39, 0.29) is 23.5 Å². The highest BCUT2D eigenvalue weighted by Crippen LogP contribution is 2.31. The molecule has 1 atom stereocenters. The molecule has 7 heteroatoms. The van der Waals surface area contributed by atoms with Crippen molar-refractivity contribution in [3.8, 4) is 17.2 Å². The van der Waals surface area contributed by atoms with Crippen LogP contribution >= 0.6 is 0 Å². The Bertz CT molecular complexity index is 1010. The second-order valence-electron chi connectivity index (χ2n) is 7.58. The number of halogens is 1. The summed E-state index contributed by atoms with van der Waals surface area (Å²) in [7, 11) is 0. The van der Waals surface area contributed by atoms with Crippen LogP contribution in [-0.2, 0) is 4.79 Å². The lowest BCUT2D eigenvalue weighted by molar-refractivity contribution is -0.119. The van der Waals surface area contributed by atoms with Crippen LogP contribution in [0.3, 0.4) is 0 Å². The summed E-state index contributed by atoms with van der Waals surface area (Å²) in [6.45, 7) is 4.30. The lowest BCUT2D eigenvalue weighted by Crippen LogP contribution is -2.35. The molecular weight excluding hydrogens is 373 g/mol. The first-order chi connectivity index (χ1) is 14.0. The summed E-state index contributed by atoms with van der Waals surface area (Å²) in [5.74, 6) is 1.07. The van der Waals surface area contributed by atoms with Crippen molar-refractivity contribution in [3.63, 3.8) is 0 Å². The monoisotopic (exact) mass is 397 g/mol. The van der Waals surface area contributed by atoms with E-state index in [2.05, 4.69) is 10.4 Å². The van der Waals surface area contributed by atoms with Crippen molar-refractivity contribution in [1.29, 1.82) is 0 Å². The molecule has 0 aliphatic heterocycles. The molecular formula is C22H24FN3O3. The number of hydrogen-bond donors (Lipinski definition) is 1. The predicted octanol–water partition coefficient (Wildman–Crippen LogP) is 3.86. The van der Waals surface area contributed by atoms with E-state index in [1.54, 1.807) is 16.9 Å². The van der Waals surface area contributed by atoms with Gasteiger partial charge in [-0.15, -0.1) is 0 Å². The van der Waals surface area contributed by atoms with Crippen molar-refractivity contribution in [2.75, 3.05) is 13.2 Å². The number of carbonyl (C=O) groups is 1. The van der Waals surface area contributed by atoms with Crippen molar-refractivity contribution in [2.24, 2.45) is 5.92 Å². The smallest absolute Gasteiger partial charge is 0.217 e. The topological polar surface area (TPSA) is 65.4 Å². The van der Waals surface area contributed by atoms with Gasteiger partial charge in [0.1, 0.15) is 12.4 Å². The average molecular weight is 397 g/mol. The number of fused-ring (bicyclic) bond motifs is 1. The van der Waals surface area contributed by atoms with E-state index in [9.17, 15) is 9.18 Å². The zero-order valence-electron chi connectivity index (χ0n) is 16.5. The van der Waals surface area contributed by atoms with E-state index >= 15 is 0 Å². The van der Waals surface area contributed by atoms with E-state index in [4.69, 9.17) is 9.47 Å². The molecule has 0 bridgehead atoms. The van der Waals surface area contributed by atoms with Gasteiger partial charge in [-0.05, 0) is 56.0 Å². The van der Waals surface area contributed by atoms with Crippen LogP contribution in [0.5, 0.6) is 11.5 Å². The summed E-state index contributed by atoms with van der Waals surface area (Å²) in [5, 5.41) is 8.03. The van der Waals surface area contributed by atoms with Crippen LogP contribution in [0.2, 0.25) is 0 Å². The third-order valence-corrected chi connectivity index (χ3v) is 4.78. The lowest BCUT2D eigenvalue weighted by atomic mass is 10.2. The standard InChI is InChI=1S/C22H24FN3O3/c1-14(24-15(2)27)12-28-19-7-5-18(6-8-19)26-11-17-9-20(23)22(10-21(17)25-26)29-13-16-3-4-16/h5-11,14,16H,3-4,12-13H2,1-2H3,(H,24,27)/t14-/m0/s1. The average Bonchev–Trinajstić information content (AvgIpc) is 3.43. The van der Waals surface area contributed by atoms with Crippen molar-refractivity contribution in [3.05, 3.63) is 48.4 Å². The van der Waals surface area contributed by atoms with Crippen LogP contribution < -0.4 is 14.8 Å². The minimum absolute atomic E-state index is 0.0742. The van der Waals surface area contributed by atoms with Gasteiger partial charge in [0.2, 0.25) is 5.91 Å². The largest absolute Gasteiger partial charge is 0.491 e. The molecule has 0 unspecified atom stereocenters. The van der Waals surface area contributed by atoms with Gasteiger partial charge in [-0.2, -0.15) is 5.10 Å². The van der Waals surface area contributed by atoms with E-state index in [1.807, 2.05) is 31.2 Å². The number of nitrogens with zero attached hydrogens (tertiary/aromatic N) is 2. The molecule has 1 saturated carbocycles. The lowest BCUT2D eigenvalue weighted by Gasteiger charge is -2.14. The number of benzene rings is 2. The summed E-state index contributed by atoms with van der Waals surface area (Å²) in [5.41, 5.74) is 1.52. The highest BCUT2D eigenvalue weighted by molar-refractivity contribution is 5.80. The Morgan fingerprint density at radius 2 is 2.03 bits per heavy atom. The highest BCUT2D eigenvalue weighted by atomic mass is 19.1. The van der Waals surface area contributed by atoms with Crippen LogP contribution in [0.25, 0.3) is 16.6 Å². The Kier molecular flexibility index (Phi) is 5.38. The number of ether oxygens (including phenoxy) is 2. The Balaban J connectivity index is 1.45. The van der Waals surface area contributed by atoms with Gasteiger partial charge in [-0.1, -0.05) is 0 Å². The number of carbonyl (C=O) groups excluding carboxylic acids is 1. The minimum atomic E-state index is -0.366. The van der Waals surface area contributed by atoms with Crippen molar-refractivity contribution in [2.45, 2.75) is 32.7 Å². The summed E-state index contributed by atoms with van der Waals surface area (Å²) in [6, 6.07) is 10.5. The third-order valence-electron chi connectivity index (χ3n) is 4.78. The van der Waals surface area contributed by atoms with Crippen molar-refractivity contribution >= 4 is 16.8 Å². The fourth-order valence-corrected chi connectivity index (χ4v) is 3.06. The van der Waals surface area contributed by atoms with Crippen LogP contribution in [0.1, 0.15) is 26.7 Å². The predicted molar refractivity (Wildman–Crippen MR) is 108 cm³/mol. The Labute approximate surface area is 168 Å². The molecule has 0 saturated heterocycles. The SMILES string of the molecule is CC(=O)N[C@@H](C)COc1ccc(-n2cc3cc(F)c(OCC4CC4)cc3n2)cc1. The molecule has 1 aliphatic rings. The van der Waals surface area contributed by atoms with E-state index < -0.39 is 0 Å². The second kappa shape index (κ2) is 8.11. The first kappa shape index (κ1) is 19.2. The summed E-state index contributed by atoms with van der Waals surface area (Å²) >= 11 is 0. The molecule has 4 rings (SSSR count). The van der Waals surface area contributed by atoms with Crippen LogP contribution in [0.4, 0.5) is 4.39 Å². The maximum atomic E-state index is 14.3. The zero-order chi connectivity index (χ0) is 20.4. The normalized spacial score (nSPS) is 14.6. The highest BCUT2D eigenvalue weighted by Gasteiger charge is 2.22. The Hall–Kier alpha value is -3.09. The van der Waals surface area contributed by atoms with Crippen LogP contribution in [-0.4, -0.2) is 34.9 Å². The zero-order valence-corrected chi connectivity index (χ0v) is 16.5. The molecule has 1 amide bonds. The first-order valence-electron chi connectivity index (χ1n) is 9.80. The van der Waals surface area contributed by atoms with Crippen molar-refractivity contribution in [1.82, 2.24) is 15.1 Å². The number of amides is 1. The summed E-state index contributed by atoms with van der Waals surface area (Å²) < 4.78 is 27.3. The summed E-state index contributed by atoms with van der Waals surface area (Å²) in [4.78, 5) is 11.0. The number of hydrogen-bond acceptors (Lipinski definition) is 4. The Morgan fingerprint density at radius 3 is 2.72 bits per heavy atom. The summed E-state index contributed by atoms with van der Waals surface area (Å²) in [6.07, 6.45) is 4.10. The number of rotatable bonds is 8. The van der Waals surface area contributed by atoms with E-state index in [1.165, 1.54) is 13.0 Å². The molecule has 29 heavy (non-hydrogen) atoms. The van der Waals surface area contributed by atoms with Gasteiger partial charge in [-0.25, -0.2) is 9.07 Å². The Morgan fingerprint density at radius 1 is 1.28 bits per heavy atom. The molecule has 3 aromatic rings. The van der Waals surface area contributed by atoms with Crippen molar-refractivity contribution < 1.29 is 18.7 Å². The second-order valence-corrected chi connectivity index (χ2v) is 7.58. The molecule has 1 N–H and O–H groups in total. The fraction of sp³-hybridized carbons (Fsp3) is 0.364. The van der Waals surface area contributed by atoms with Gasteiger partial charge < -0.3 is 14.8 Å². The number of nitrogens with one attached hydrogen (secondary N) is 1. The van der Waals surface area contributed by atoms with Gasteiger partial charge in [0.05, 0.1) is 23.9 Å². The van der Waals surface area contributed by atoms with E-state index in [0.717, 1.165) is 18.5 Å². The van der Waals surface area contributed by atoms with Gasteiger partial charge in [0.15, 0.2) is 11.6 Å². The van der Waals surface area contributed by atoms with E-state index in [0.29, 0.717) is 35.8 Å². The third kappa shape index (κ3) is 4.85. The van der Waals surface area contributed by atoms with Gasteiger partial charge in [0.25, 0.3) is 0 Å². The molecule has 1 aromatic heterocycles. The maximum absolute atomic E-state index is 14.3. The molecule has 0 spiro atoms. The minimum Gasteiger partial charge on any atom is -0.491 e. The first-order valence-corrected chi connectivity index (χ1v) is 9.80. The van der Waals surface area contributed by atoms with Gasteiger partial charge in [-0.3, -0.25) is 4.79 Å². The fourth-order valence-electron chi connectivity index (χ4n) is 3.06. The molecule has 0 radical (unpaired) electrons. The van der Waals surface area contributed by atoms with Crippen LogP contribution in [0, 0.1) is 11.7 Å². The molecule has 2 aromatic carbocycles. The van der Waals surface area contributed by atoms with Crippen LogP contribution in [0.15, 0.2) is 42.6 Å². The molecule has 1 fully saturated rings. The molecule has 1 aliphatic carbocycles.